The lowest BCUT2D eigenvalue weighted by molar-refractivity contribution is -0.144. The molecule has 2 aliphatic rings. The third-order valence-electron chi connectivity index (χ3n) is 9.13. The number of amides is 5. The number of urea groups is 1. The number of nitrogens with one attached hydrogen (secondary N) is 5. The first-order chi connectivity index (χ1) is 22.3. The number of nitrogens with zero attached hydrogens (tertiary/aromatic N) is 2. The van der Waals surface area contributed by atoms with Crippen LogP contribution in [0.15, 0.2) is 12.7 Å². The van der Waals surface area contributed by atoms with Crippen LogP contribution in [0.4, 0.5) is 4.79 Å². The molecule has 0 saturated carbocycles. The van der Waals surface area contributed by atoms with Crippen LogP contribution in [0, 0.1) is 22.7 Å². The fourth-order valence-electron chi connectivity index (χ4n) is 6.08. The van der Waals surface area contributed by atoms with E-state index in [9.17, 15) is 28.2 Å². The summed E-state index contributed by atoms with van der Waals surface area (Å²) < 4.78 is 17.3. The van der Waals surface area contributed by atoms with Crippen molar-refractivity contribution in [1.29, 1.82) is 0 Å². The second-order valence-corrected chi connectivity index (χ2v) is 16.8. The van der Waals surface area contributed by atoms with Crippen LogP contribution in [0.1, 0.15) is 94.4 Å². The second kappa shape index (κ2) is 18.2. The first-order valence-electron chi connectivity index (χ1n) is 17.3. The van der Waals surface area contributed by atoms with Crippen molar-refractivity contribution in [3.63, 3.8) is 0 Å². The number of ketones is 1. The third-order valence-corrected chi connectivity index (χ3v) is 10.4. The zero-order valence-corrected chi connectivity index (χ0v) is 31.4. The van der Waals surface area contributed by atoms with Gasteiger partial charge in [-0.05, 0) is 41.9 Å². The molecular formula is C34H61N7O6S. The van der Waals surface area contributed by atoms with Crippen LogP contribution in [-0.2, 0) is 30.3 Å². The van der Waals surface area contributed by atoms with Crippen molar-refractivity contribution in [2.24, 2.45) is 22.7 Å². The van der Waals surface area contributed by atoms with Gasteiger partial charge in [-0.25, -0.2) is 18.0 Å². The van der Waals surface area contributed by atoms with E-state index in [1.807, 2.05) is 62.3 Å². The number of carbonyl (C=O) groups excluding carboxylic acids is 5. The van der Waals surface area contributed by atoms with Gasteiger partial charge in [-0.1, -0.05) is 81.2 Å². The molecule has 0 aromatic carbocycles. The molecule has 0 spiro atoms. The Labute approximate surface area is 290 Å². The van der Waals surface area contributed by atoms with Crippen LogP contribution in [0.25, 0.3) is 0 Å². The standard InChI is InChI=1S/C34H61N7O6S/c1-11-13-15-24(27(42)30(44)35-17-12-2)37-29(43)26-23(22(3)4)16-20-41(26)31(45)28(34(8,9)10)39-32(46)38-25(33(5,6)7)21-40-19-14-18-36-48(40)47/h12,22-26,28,36H,2,11,13-21H2,1,3-10H3,(H,35,44)(H,37,43)(H2,38,39,46)/t23-,24?,25-,26+,28-,48?/m1/s1. The summed E-state index contributed by atoms with van der Waals surface area (Å²) in [6, 6.07) is -3.81. The van der Waals surface area contributed by atoms with Gasteiger partial charge in [0.15, 0.2) is 11.2 Å². The molecule has 5 N–H and O–H groups in total. The van der Waals surface area contributed by atoms with E-state index in [1.54, 1.807) is 4.31 Å². The minimum atomic E-state index is -1.35. The number of unbranched alkanes of at least 4 members (excludes halogenated alkanes) is 1. The van der Waals surface area contributed by atoms with E-state index in [2.05, 4.69) is 32.6 Å². The molecule has 5 amide bonds. The van der Waals surface area contributed by atoms with Crippen molar-refractivity contribution < 1.29 is 28.2 Å². The van der Waals surface area contributed by atoms with Crippen molar-refractivity contribution in [2.45, 2.75) is 119 Å². The highest BCUT2D eigenvalue weighted by Gasteiger charge is 2.48. The lowest BCUT2D eigenvalue weighted by Crippen LogP contribution is -2.62. The van der Waals surface area contributed by atoms with E-state index in [0.717, 1.165) is 12.8 Å². The summed E-state index contributed by atoms with van der Waals surface area (Å²) in [5.74, 6) is -2.56. The van der Waals surface area contributed by atoms with Crippen LogP contribution in [-0.4, -0.2) is 99.8 Å². The maximum atomic E-state index is 14.4. The molecule has 2 unspecified atom stereocenters. The third kappa shape index (κ3) is 11.6. The van der Waals surface area contributed by atoms with Crippen LogP contribution < -0.4 is 26.0 Å². The zero-order chi connectivity index (χ0) is 36.4. The summed E-state index contributed by atoms with van der Waals surface area (Å²) in [5.41, 5.74) is -1.10. The maximum Gasteiger partial charge on any atom is 0.315 e. The Morgan fingerprint density at radius 1 is 1.00 bits per heavy atom. The molecule has 0 radical (unpaired) electrons. The van der Waals surface area contributed by atoms with Gasteiger partial charge in [0.05, 0.1) is 6.04 Å². The summed E-state index contributed by atoms with van der Waals surface area (Å²) in [6.45, 7) is 23.1. The molecular weight excluding hydrogens is 634 g/mol. The van der Waals surface area contributed by atoms with Gasteiger partial charge in [0, 0.05) is 38.8 Å². The highest BCUT2D eigenvalue weighted by Crippen LogP contribution is 2.33. The van der Waals surface area contributed by atoms with E-state index in [0.29, 0.717) is 39.0 Å². The number of Topliss-reactive ketones (excluding diaryl/α,β-unsaturated/α-hetero) is 1. The summed E-state index contributed by atoms with van der Waals surface area (Å²) in [6.07, 6.45) is 4.56. The predicted molar refractivity (Wildman–Crippen MR) is 189 cm³/mol. The molecule has 0 aromatic rings. The molecule has 274 valence electrons. The van der Waals surface area contributed by atoms with Gasteiger partial charge in [0.25, 0.3) is 5.91 Å². The summed E-state index contributed by atoms with van der Waals surface area (Å²) >= 11 is -1.35. The number of hydrogen-bond acceptors (Lipinski definition) is 6. The molecule has 48 heavy (non-hydrogen) atoms. The first-order valence-corrected chi connectivity index (χ1v) is 18.4. The number of carbonyl (C=O) groups is 5. The average molecular weight is 696 g/mol. The average Bonchev–Trinajstić information content (AvgIpc) is 3.45. The van der Waals surface area contributed by atoms with Crippen molar-refractivity contribution in [1.82, 2.24) is 35.2 Å². The fourth-order valence-corrected chi connectivity index (χ4v) is 7.16. The zero-order valence-electron chi connectivity index (χ0n) is 30.6. The summed E-state index contributed by atoms with van der Waals surface area (Å²) in [7, 11) is 0. The van der Waals surface area contributed by atoms with Gasteiger partial charge in [0.1, 0.15) is 12.1 Å². The highest BCUT2D eigenvalue weighted by atomic mass is 32.2. The van der Waals surface area contributed by atoms with Crippen LogP contribution in [0.2, 0.25) is 0 Å². The van der Waals surface area contributed by atoms with Gasteiger partial charge in [0.2, 0.25) is 17.6 Å². The van der Waals surface area contributed by atoms with Gasteiger partial charge >= 0.3 is 6.03 Å². The summed E-state index contributed by atoms with van der Waals surface area (Å²) in [5, 5.41) is 11.3. The Morgan fingerprint density at radius 2 is 1.67 bits per heavy atom. The van der Waals surface area contributed by atoms with Crippen LogP contribution in [0.3, 0.4) is 0 Å². The normalized spacial score (nSPS) is 22.4. The lowest BCUT2D eigenvalue weighted by atomic mass is 9.84. The van der Waals surface area contributed by atoms with Gasteiger partial charge in [-0.3, -0.25) is 19.2 Å². The Morgan fingerprint density at radius 3 is 2.21 bits per heavy atom. The Kier molecular flexibility index (Phi) is 15.7. The smallest absolute Gasteiger partial charge is 0.315 e. The SMILES string of the molecule is C=CCNC(=O)C(=O)C(CCCC)NC(=O)[C@@H]1[C@@H](C(C)C)CCN1C(=O)[C@@H](NC(=O)N[C@H](CN1CCCNS1=O)C(C)(C)C)C(C)(C)C. The van der Waals surface area contributed by atoms with Crippen LogP contribution in [0.5, 0.6) is 0 Å². The molecule has 2 heterocycles. The van der Waals surface area contributed by atoms with Gasteiger partial charge in [-0.15, -0.1) is 6.58 Å². The monoisotopic (exact) mass is 695 g/mol. The Bertz CT molecular complexity index is 1180. The second-order valence-electron chi connectivity index (χ2n) is 15.5. The predicted octanol–water partition coefficient (Wildman–Crippen LogP) is 2.41. The lowest BCUT2D eigenvalue weighted by Gasteiger charge is -2.39. The van der Waals surface area contributed by atoms with Gasteiger partial charge in [-0.2, -0.15) is 0 Å². The Balaban J connectivity index is 2.32. The van der Waals surface area contributed by atoms with E-state index >= 15 is 0 Å². The molecule has 0 aromatic heterocycles. The van der Waals surface area contributed by atoms with E-state index in [-0.39, 0.29) is 36.3 Å². The topological polar surface area (TPSA) is 169 Å². The molecule has 2 saturated heterocycles. The van der Waals surface area contributed by atoms with E-state index < -0.39 is 64.2 Å². The van der Waals surface area contributed by atoms with Crippen molar-refractivity contribution in [2.75, 3.05) is 32.7 Å². The van der Waals surface area contributed by atoms with Crippen molar-refractivity contribution >= 4 is 40.7 Å². The minimum absolute atomic E-state index is 0.0472. The molecule has 2 rings (SSSR count). The highest BCUT2D eigenvalue weighted by molar-refractivity contribution is 7.80. The number of likely N-dealkylation sites (tertiary alicyclic amines) is 1. The fraction of sp³-hybridized carbons (Fsp3) is 0.794. The molecule has 13 nitrogen and oxygen atoms in total. The van der Waals surface area contributed by atoms with Gasteiger partial charge < -0.3 is 26.2 Å². The number of hydrogen-bond donors (Lipinski definition) is 5. The molecule has 0 aliphatic carbocycles. The quantitative estimate of drug-likeness (QED) is 0.130. The maximum absolute atomic E-state index is 14.4. The molecule has 2 fully saturated rings. The largest absolute Gasteiger partial charge is 0.346 e. The molecule has 2 aliphatic heterocycles. The molecule has 14 heteroatoms. The summed E-state index contributed by atoms with van der Waals surface area (Å²) in [4.78, 5) is 69.1. The molecule has 6 atom stereocenters. The number of rotatable bonds is 15. The molecule has 0 bridgehead atoms. The van der Waals surface area contributed by atoms with E-state index in [4.69, 9.17) is 0 Å². The minimum Gasteiger partial charge on any atom is -0.346 e. The first kappa shape index (κ1) is 41.3. The van der Waals surface area contributed by atoms with Crippen molar-refractivity contribution in [3.05, 3.63) is 12.7 Å². The van der Waals surface area contributed by atoms with Crippen LogP contribution >= 0.6 is 0 Å². The Hall–Kier alpha value is -2.84. The van der Waals surface area contributed by atoms with E-state index in [1.165, 1.54) is 11.0 Å². The van der Waals surface area contributed by atoms with Crippen molar-refractivity contribution in [3.8, 4) is 0 Å².